The van der Waals surface area contributed by atoms with Crippen LogP contribution in [-0.2, 0) is 9.53 Å². The van der Waals surface area contributed by atoms with Crippen molar-refractivity contribution < 1.29 is 14.6 Å². The Labute approximate surface area is 48.6 Å². The average molecular weight is 118 g/mol. The van der Waals surface area contributed by atoms with E-state index in [0.29, 0.717) is 0 Å². The highest BCUT2D eigenvalue weighted by Crippen LogP contribution is 1.52. The van der Waals surface area contributed by atoms with Gasteiger partial charge in [0.25, 0.3) is 5.97 Å². The van der Waals surface area contributed by atoms with E-state index in [1.54, 1.807) is 7.11 Å². The van der Waals surface area contributed by atoms with E-state index in [0.717, 1.165) is 6.92 Å². The zero-order chi connectivity index (χ0) is 6.99. The Bertz CT molecular complexity index is 64.1. The van der Waals surface area contributed by atoms with E-state index in [-0.39, 0.29) is 0 Å². The number of carboxylic acids is 1. The summed E-state index contributed by atoms with van der Waals surface area (Å²) < 4.78 is 4.31. The summed E-state index contributed by atoms with van der Waals surface area (Å²) in [6.45, 7) is 4.34. The Morgan fingerprint density at radius 2 is 2.00 bits per heavy atom. The highest BCUT2D eigenvalue weighted by atomic mass is 16.5. The number of carboxylic acid groups (broad SMARTS) is 1. The summed E-state index contributed by atoms with van der Waals surface area (Å²) in [5.74, 6) is -0.833. The zero-order valence-corrected chi connectivity index (χ0v) is 5.05. The second-order valence-corrected chi connectivity index (χ2v) is 0.921. The van der Waals surface area contributed by atoms with Gasteiger partial charge >= 0.3 is 0 Å². The van der Waals surface area contributed by atoms with Crippen LogP contribution in [0.1, 0.15) is 6.92 Å². The van der Waals surface area contributed by atoms with E-state index in [4.69, 9.17) is 9.90 Å². The number of hydrogen-bond donors (Lipinski definition) is 1. The lowest BCUT2D eigenvalue weighted by Crippen LogP contribution is -1.78. The first-order valence-corrected chi connectivity index (χ1v) is 1.98. The van der Waals surface area contributed by atoms with Gasteiger partial charge in [0.1, 0.15) is 0 Å². The number of ether oxygens (including phenoxy) is 1. The van der Waals surface area contributed by atoms with Crippen molar-refractivity contribution in [3.05, 3.63) is 12.8 Å². The summed E-state index contributed by atoms with van der Waals surface area (Å²) >= 11 is 0. The molecule has 0 saturated heterocycles. The topological polar surface area (TPSA) is 46.5 Å². The minimum absolute atomic E-state index is 0.833. The quantitative estimate of drug-likeness (QED) is 0.519. The molecule has 0 aromatic rings. The Morgan fingerprint density at radius 3 is 2.00 bits per heavy atom. The van der Waals surface area contributed by atoms with Crippen LogP contribution in [0.4, 0.5) is 0 Å². The van der Waals surface area contributed by atoms with E-state index < -0.39 is 5.97 Å². The third kappa shape index (κ3) is 806000. The summed E-state index contributed by atoms with van der Waals surface area (Å²) in [5, 5.41) is 7.42. The van der Waals surface area contributed by atoms with Gasteiger partial charge in [-0.3, -0.25) is 4.79 Å². The molecule has 48 valence electrons. The van der Waals surface area contributed by atoms with E-state index in [1.807, 2.05) is 0 Å². The van der Waals surface area contributed by atoms with Crippen LogP contribution in [0.25, 0.3) is 0 Å². The Morgan fingerprint density at radius 1 is 1.88 bits per heavy atom. The fraction of sp³-hybridized carbons (Fsp3) is 0.400. The van der Waals surface area contributed by atoms with E-state index in [9.17, 15) is 0 Å². The fourth-order valence-electron chi connectivity index (χ4n) is 0. The average Bonchev–Trinajstić information content (AvgIpc) is 1.65. The van der Waals surface area contributed by atoms with Crippen molar-refractivity contribution in [2.75, 3.05) is 7.11 Å². The molecule has 1 N–H and O–H groups in total. The summed E-state index contributed by atoms with van der Waals surface area (Å²) in [4.78, 5) is 9.00. The van der Waals surface area contributed by atoms with Crippen LogP contribution >= 0.6 is 0 Å². The molecule has 8 heavy (non-hydrogen) atoms. The van der Waals surface area contributed by atoms with Crippen molar-refractivity contribution in [2.45, 2.75) is 6.92 Å². The molecule has 0 atom stereocenters. The standard InChI is InChI=1S/C3H6O.C2H4O2/c1-3-4-2;1-2(3)4/h3H,1H2,2H3;1H3,(H,3,4). The number of rotatable bonds is 1. The second-order valence-electron chi connectivity index (χ2n) is 0.921. The lowest BCUT2D eigenvalue weighted by molar-refractivity contribution is -0.134. The van der Waals surface area contributed by atoms with Crippen molar-refractivity contribution in [3.63, 3.8) is 0 Å². The maximum Gasteiger partial charge on any atom is 0.300 e. The molecule has 0 amide bonds. The molecule has 0 aromatic heterocycles. The second kappa shape index (κ2) is 9.38. The van der Waals surface area contributed by atoms with E-state index >= 15 is 0 Å². The van der Waals surface area contributed by atoms with E-state index in [1.165, 1.54) is 6.26 Å². The number of methoxy groups -OCH3 is 1. The molecule has 0 bridgehead atoms. The highest BCUT2D eigenvalue weighted by Gasteiger charge is 1.65. The van der Waals surface area contributed by atoms with Gasteiger partial charge in [-0.25, -0.2) is 0 Å². The molecule has 0 saturated carbocycles. The lowest BCUT2D eigenvalue weighted by atomic mass is 10.9. The minimum atomic E-state index is -0.833. The van der Waals surface area contributed by atoms with Gasteiger partial charge in [-0.05, 0) is 0 Å². The fourth-order valence-corrected chi connectivity index (χ4v) is 0. The third-order valence-corrected chi connectivity index (χ3v) is 0.167. The van der Waals surface area contributed by atoms with Gasteiger partial charge in [0.05, 0.1) is 13.4 Å². The van der Waals surface area contributed by atoms with Crippen LogP contribution in [0.3, 0.4) is 0 Å². The van der Waals surface area contributed by atoms with Crippen LogP contribution in [0.5, 0.6) is 0 Å². The van der Waals surface area contributed by atoms with Crippen LogP contribution in [0.15, 0.2) is 12.8 Å². The molecule has 0 unspecified atom stereocenters. The van der Waals surface area contributed by atoms with Crippen LogP contribution in [0.2, 0.25) is 0 Å². The van der Waals surface area contributed by atoms with Gasteiger partial charge in [-0.15, -0.1) is 0 Å². The van der Waals surface area contributed by atoms with Crippen LogP contribution in [-0.4, -0.2) is 18.2 Å². The molecule has 0 aromatic carbocycles. The van der Waals surface area contributed by atoms with Crippen molar-refractivity contribution >= 4 is 5.97 Å². The number of aliphatic carboxylic acids is 1. The van der Waals surface area contributed by atoms with Gasteiger partial charge < -0.3 is 9.84 Å². The SMILES string of the molecule is C=COC.CC(=O)O. The van der Waals surface area contributed by atoms with Crippen molar-refractivity contribution in [2.24, 2.45) is 0 Å². The first kappa shape index (κ1) is 10.1. The van der Waals surface area contributed by atoms with Crippen LogP contribution < -0.4 is 0 Å². The molecule has 0 aliphatic heterocycles. The first-order chi connectivity index (χ1) is 3.65. The predicted octanol–water partition coefficient (Wildman–Crippen LogP) is 0.867. The van der Waals surface area contributed by atoms with Gasteiger partial charge in [-0.1, -0.05) is 6.58 Å². The third-order valence-electron chi connectivity index (χ3n) is 0.167. The summed E-state index contributed by atoms with van der Waals surface area (Å²) in [6, 6.07) is 0. The number of carbonyl (C=O) groups is 1. The molecule has 3 heteroatoms. The molecule has 0 aliphatic carbocycles. The van der Waals surface area contributed by atoms with Gasteiger partial charge in [0, 0.05) is 6.92 Å². The van der Waals surface area contributed by atoms with Gasteiger partial charge in [0.15, 0.2) is 0 Å². The Balaban J connectivity index is 0. The van der Waals surface area contributed by atoms with Crippen molar-refractivity contribution in [1.29, 1.82) is 0 Å². The Hall–Kier alpha value is -0.990. The van der Waals surface area contributed by atoms with Gasteiger partial charge in [-0.2, -0.15) is 0 Å². The summed E-state index contributed by atoms with van der Waals surface area (Å²) in [6.07, 6.45) is 1.38. The van der Waals surface area contributed by atoms with Crippen LogP contribution in [0, 0.1) is 0 Å². The molecule has 0 aliphatic rings. The lowest BCUT2D eigenvalue weighted by Gasteiger charge is -1.73. The smallest absolute Gasteiger partial charge is 0.300 e. The molecular formula is C5H10O3. The maximum atomic E-state index is 9.00. The van der Waals surface area contributed by atoms with E-state index in [2.05, 4.69) is 11.3 Å². The minimum Gasteiger partial charge on any atom is -0.505 e. The number of hydrogen-bond acceptors (Lipinski definition) is 2. The predicted molar refractivity (Wildman–Crippen MR) is 30.5 cm³/mol. The zero-order valence-electron chi connectivity index (χ0n) is 5.05. The molecule has 0 fully saturated rings. The van der Waals surface area contributed by atoms with Crippen molar-refractivity contribution in [1.82, 2.24) is 0 Å². The van der Waals surface area contributed by atoms with Crippen molar-refractivity contribution in [3.8, 4) is 0 Å². The highest BCUT2D eigenvalue weighted by molar-refractivity contribution is 5.62. The first-order valence-electron chi connectivity index (χ1n) is 1.98. The molecular weight excluding hydrogens is 108 g/mol. The maximum absolute atomic E-state index is 9.00. The largest absolute Gasteiger partial charge is 0.505 e. The molecule has 0 rings (SSSR count). The molecule has 0 heterocycles. The Kier molecular flexibility index (Phi) is 11.8. The summed E-state index contributed by atoms with van der Waals surface area (Å²) in [5.41, 5.74) is 0. The molecule has 3 nitrogen and oxygen atoms in total. The molecule has 0 radical (unpaired) electrons. The normalized spacial score (nSPS) is 5.75. The summed E-state index contributed by atoms with van der Waals surface area (Å²) in [7, 11) is 1.56. The van der Waals surface area contributed by atoms with Gasteiger partial charge in [0.2, 0.25) is 0 Å². The molecule has 0 spiro atoms. The monoisotopic (exact) mass is 118 g/mol.